The number of methoxy groups -OCH3 is 1. The highest BCUT2D eigenvalue weighted by molar-refractivity contribution is 5.30. The first-order valence-corrected chi connectivity index (χ1v) is 6.23. The molecule has 2 rings (SSSR count). The molecular formula is C14H21NO. The molecule has 0 aliphatic carbocycles. The van der Waals surface area contributed by atoms with Crippen LogP contribution in [0.2, 0.25) is 0 Å². The molecule has 2 nitrogen and oxygen atoms in total. The quantitative estimate of drug-likeness (QED) is 0.773. The minimum atomic E-state index is 0.592. The minimum absolute atomic E-state index is 0.592. The molecular weight excluding hydrogens is 198 g/mol. The van der Waals surface area contributed by atoms with Crippen molar-refractivity contribution in [3.8, 4) is 5.75 Å². The largest absolute Gasteiger partial charge is 0.497 e. The van der Waals surface area contributed by atoms with Gasteiger partial charge >= 0.3 is 0 Å². The Balaban J connectivity index is 2.20. The van der Waals surface area contributed by atoms with E-state index in [-0.39, 0.29) is 0 Å². The van der Waals surface area contributed by atoms with Gasteiger partial charge in [0.05, 0.1) is 7.11 Å². The molecule has 1 saturated heterocycles. The van der Waals surface area contributed by atoms with E-state index in [2.05, 4.69) is 30.0 Å². The van der Waals surface area contributed by atoms with Crippen LogP contribution in [0.1, 0.15) is 37.8 Å². The minimum Gasteiger partial charge on any atom is -0.497 e. The average molecular weight is 219 g/mol. The van der Waals surface area contributed by atoms with Gasteiger partial charge in [0.2, 0.25) is 0 Å². The molecule has 1 atom stereocenters. The normalized spacial score (nSPS) is 22.0. The number of likely N-dealkylation sites (tertiary alicyclic amines) is 1. The zero-order chi connectivity index (χ0) is 11.4. The van der Waals surface area contributed by atoms with Gasteiger partial charge in [-0.2, -0.15) is 0 Å². The molecule has 1 aromatic rings. The molecule has 0 bridgehead atoms. The van der Waals surface area contributed by atoms with Gasteiger partial charge in [-0.05, 0) is 43.6 Å². The molecule has 2 heteroatoms. The van der Waals surface area contributed by atoms with Gasteiger partial charge in [0.1, 0.15) is 5.75 Å². The first-order chi connectivity index (χ1) is 7.85. The monoisotopic (exact) mass is 219 g/mol. The average Bonchev–Trinajstić information content (AvgIpc) is 2.38. The summed E-state index contributed by atoms with van der Waals surface area (Å²) in [6, 6.07) is 9.10. The second-order valence-electron chi connectivity index (χ2n) is 4.42. The third-order valence-corrected chi connectivity index (χ3v) is 3.50. The lowest BCUT2D eigenvalue weighted by Crippen LogP contribution is -2.33. The third-order valence-electron chi connectivity index (χ3n) is 3.50. The van der Waals surface area contributed by atoms with Gasteiger partial charge in [0.25, 0.3) is 0 Å². The lowest BCUT2D eigenvalue weighted by molar-refractivity contribution is 0.157. The molecule has 1 fully saturated rings. The van der Waals surface area contributed by atoms with Gasteiger partial charge in [-0.25, -0.2) is 0 Å². The van der Waals surface area contributed by atoms with Crippen LogP contribution in [0.4, 0.5) is 0 Å². The van der Waals surface area contributed by atoms with Gasteiger partial charge in [0.15, 0.2) is 0 Å². The maximum atomic E-state index is 5.30. The van der Waals surface area contributed by atoms with Gasteiger partial charge in [-0.3, -0.25) is 4.90 Å². The van der Waals surface area contributed by atoms with Crippen LogP contribution < -0.4 is 4.74 Å². The lowest BCUT2D eigenvalue weighted by Gasteiger charge is -2.35. The van der Waals surface area contributed by atoms with Crippen LogP contribution in [-0.4, -0.2) is 25.1 Å². The van der Waals surface area contributed by atoms with Crippen LogP contribution in [-0.2, 0) is 0 Å². The van der Waals surface area contributed by atoms with Crippen molar-refractivity contribution in [1.29, 1.82) is 0 Å². The van der Waals surface area contributed by atoms with E-state index in [9.17, 15) is 0 Å². The summed E-state index contributed by atoms with van der Waals surface area (Å²) in [5.41, 5.74) is 1.40. The Morgan fingerprint density at radius 2 is 2.25 bits per heavy atom. The Bertz CT molecular complexity index is 337. The highest BCUT2D eigenvalue weighted by atomic mass is 16.5. The summed E-state index contributed by atoms with van der Waals surface area (Å²) < 4.78 is 5.30. The summed E-state index contributed by atoms with van der Waals surface area (Å²) in [7, 11) is 1.73. The van der Waals surface area contributed by atoms with Crippen molar-refractivity contribution in [3.05, 3.63) is 29.8 Å². The van der Waals surface area contributed by atoms with E-state index in [0.717, 1.165) is 12.3 Å². The molecule has 16 heavy (non-hydrogen) atoms. The number of rotatable bonds is 3. The van der Waals surface area contributed by atoms with Crippen molar-refractivity contribution in [3.63, 3.8) is 0 Å². The van der Waals surface area contributed by atoms with E-state index in [0.29, 0.717) is 6.04 Å². The SMILES string of the molecule is CCN1CCCCC1c1cccc(OC)c1. The number of hydrogen-bond acceptors (Lipinski definition) is 2. The molecule has 1 aliphatic rings. The fourth-order valence-corrected chi connectivity index (χ4v) is 2.60. The first kappa shape index (κ1) is 11.5. The maximum Gasteiger partial charge on any atom is 0.119 e. The maximum absolute atomic E-state index is 5.30. The summed E-state index contributed by atoms with van der Waals surface area (Å²) in [6.07, 6.45) is 3.97. The van der Waals surface area contributed by atoms with E-state index in [1.807, 2.05) is 6.07 Å². The van der Waals surface area contributed by atoms with E-state index in [1.54, 1.807) is 7.11 Å². The molecule has 0 amide bonds. The van der Waals surface area contributed by atoms with Crippen molar-refractivity contribution in [2.75, 3.05) is 20.2 Å². The predicted octanol–water partition coefficient (Wildman–Crippen LogP) is 3.24. The molecule has 0 N–H and O–H groups in total. The van der Waals surface area contributed by atoms with Gasteiger partial charge in [-0.15, -0.1) is 0 Å². The van der Waals surface area contributed by atoms with Crippen molar-refractivity contribution in [1.82, 2.24) is 4.90 Å². The Hall–Kier alpha value is -1.02. The predicted molar refractivity (Wildman–Crippen MR) is 66.8 cm³/mol. The number of ether oxygens (including phenoxy) is 1. The number of benzene rings is 1. The van der Waals surface area contributed by atoms with E-state index < -0.39 is 0 Å². The Morgan fingerprint density at radius 3 is 3.00 bits per heavy atom. The van der Waals surface area contributed by atoms with Crippen molar-refractivity contribution in [2.45, 2.75) is 32.2 Å². The summed E-state index contributed by atoms with van der Waals surface area (Å²) in [5.74, 6) is 0.971. The summed E-state index contributed by atoms with van der Waals surface area (Å²) in [6.45, 7) is 4.62. The van der Waals surface area contributed by atoms with Gasteiger partial charge in [0, 0.05) is 6.04 Å². The summed E-state index contributed by atoms with van der Waals surface area (Å²) in [5, 5.41) is 0. The Kier molecular flexibility index (Phi) is 3.83. The molecule has 1 aliphatic heterocycles. The van der Waals surface area contributed by atoms with E-state index >= 15 is 0 Å². The molecule has 0 radical (unpaired) electrons. The third kappa shape index (κ3) is 2.38. The van der Waals surface area contributed by atoms with Gasteiger partial charge in [-0.1, -0.05) is 25.5 Å². The van der Waals surface area contributed by atoms with Crippen molar-refractivity contribution in [2.24, 2.45) is 0 Å². The topological polar surface area (TPSA) is 12.5 Å². The molecule has 0 aromatic heterocycles. The van der Waals surface area contributed by atoms with E-state index in [4.69, 9.17) is 4.74 Å². The molecule has 1 aromatic carbocycles. The second-order valence-corrected chi connectivity index (χ2v) is 4.42. The molecule has 1 heterocycles. The standard InChI is InChI=1S/C14H21NO/c1-3-15-10-5-4-9-14(15)12-7-6-8-13(11-12)16-2/h6-8,11,14H,3-5,9-10H2,1-2H3. The Labute approximate surface area is 98.2 Å². The summed E-state index contributed by atoms with van der Waals surface area (Å²) >= 11 is 0. The van der Waals surface area contributed by atoms with Gasteiger partial charge < -0.3 is 4.74 Å². The van der Waals surface area contributed by atoms with Crippen LogP contribution in [0, 0.1) is 0 Å². The molecule has 0 saturated carbocycles. The second kappa shape index (κ2) is 5.35. The molecule has 88 valence electrons. The Morgan fingerprint density at radius 1 is 1.38 bits per heavy atom. The molecule has 1 unspecified atom stereocenters. The lowest BCUT2D eigenvalue weighted by atomic mass is 9.95. The van der Waals surface area contributed by atoms with E-state index in [1.165, 1.54) is 31.4 Å². The summed E-state index contributed by atoms with van der Waals surface area (Å²) in [4.78, 5) is 2.57. The van der Waals surface area contributed by atoms with Crippen molar-refractivity contribution >= 4 is 0 Å². The van der Waals surface area contributed by atoms with Crippen LogP contribution in [0.15, 0.2) is 24.3 Å². The fourth-order valence-electron chi connectivity index (χ4n) is 2.60. The fraction of sp³-hybridized carbons (Fsp3) is 0.571. The number of hydrogen-bond donors (Lipinski definition) is 0. The zero-order valence-electron chi connectivity index (χ0n) is 10.3. The van der Waals surface area contributed by atoms with Crippen molar-refractivity contribution < 1.29 is 4.74 Å². The smallest absolute Gasteiger partial charge is 0.119 e. The van der Waals surface area contributed by atoms with Crippen LogP contribution >= 0.6 is 0 Å². The number of piperidine rings is 1. The molecule has 0 spiro atoms. The number of nitrogens with zero attached hydrogens (tertiary/aromatic N) is 1. The van der Waals surface area contributed by atoms with Crippen LogP contribution in [0.3, 0.4) is 0 Å². The first-order valence-electron chi connectivity index (χ1n) is 6.23. The van der Waals surface area contributed by atoms with Crippen LogP contribution in [0.25, 0.3) is 0 Å². The zero-order valence-corrected chi connectivity index (χ0v) is 10.3. The van der Waals surface area contributed by atoms with Crippen LogP contribution in [0.5, 0.6) is 5.75 Å². The highest BCUT2D eigenvalue weighted by Crippen LogP contribution is 2.31. The highest BCUT2D eigenvalue weighted by Gasteiger charge is 2.22.